The van der Waals surface area contributed by atoms with E-state index in [0.29, 0.717) is 56.5 Å². The Labute approximate surface area is 190 Å². The quantitative estimate of drug-likeness (QED) is 0.581. The van der Waals surface area contributed by atoms with Crippen LogP contribution in [-0.4, -0.2) is 76.0 Å². The average Bonchev–Trinajstić information content (AvgIpc) is 2.79. The van der Waals surface area contributed by atoms with Gasteiger partial charge in [-0.1, -0.05) is 17.7 Å². The summed E-state index contributed by atoms with van der Waals surface area (Å²) in [5.41, 5.74) is 1.03. The van der Waals surface area contributed by atoms with E-state index in [-0.39, 0.29) is 12.5 Å². The Kier molecular flexibility index (Phi) is 8.49. The molecule has 0 atom stereocenters. The maximum absolute atomic E-state index is 12.8. The molecule has 0 aliphatic carbocycles. The molecular formula is C23H31N3O5S. The number of rotatable bonds is 10. The normalized spacial score (nSPS) is 15.3. The van der Waals surface area contributed by atoms with Gasteiger partial charge in [-0.3, -0.25) is 9.69 Å². The van der Waals surface area contributed by atoms with Gasteiger partial charge in [0.15, 0.2) is 6.61 Å². The van der Waals surface area contributed by atoms with Crippen LogP contribution in [0, 0.1) is 6.92 Å². The Morgan fingerprint density at radius 1 is 0.938 bits per heavy atom. The number of hydrogen-bond donors (Lipinski definition) is 1. The number of nitrogens with one attached hydrogen (secondary N) is 1. The number of aryl methyl sites for hydroxylation is 1. The third kappa shape index (κ3) is 6.69. The molecule has 1 saturated heterocycles. The Bertz CT molecular complexity index is 970. The lowest BCUT2D eigenvalue weighted by Crippen LogP contribution is -2.50. The number of hydrogen-bond acceptors (Lipinski definition) is 6. The molecule has 1 aliphatic heterocycles. The first kappa shape index (κ1) is 24.0. The van der Waals surface area contributed by atoms with Gasteiger partial charge in [0.05, 0.1) is 11.5 Å². The summed E-state index contributed by atoms with van der Waals surface area (Å²) in [6.07, 6.45) is 0. The average molecular weight is 462 g/mol. The fourth-order valence-corrected chi connectivity index (χ4v) is 4.83. The number of nitrogens with zero attached hydrogens (tertiary/aromatic N) is 2. The molecule has 0 saturated carbocycles. The highest BCUT2D eigenvalue weighted by Crippen LogP contribution is 2.18. The lowest BCUT2D eigenvalue weighted by molar-refractivity contribution is -0.123. The monoisotopic (exact) mass is 461 g/mol. The first-order chi connectivity index (χ1) is 15.4. The van der Waals surface area contributed by atoms with Gasteiger partial charge >= 0.3 is 0 Å². The molecule has 0 aromatic heterocycles. The van der Waals surface area contributed by atoms with Crippen molar-refractivity contribution in [1.82, 2.24) is 14.5 Å². The van der Waals surface area contributed by atoms with Crippen LogP contribution in [0.4, 0.5) is 0 Å². The van der Waals surface area contributed by atoms with Gasteiger partial charge in [-0.25, -0.2) is 8.42 Å². The van der Waals surface area contributed by atoms with E-state index < -0.39 is 10.0 Å². The van der Waals surface area contributed by atoms with Crippen molar-refractivity contribution in [3.63, 3.8) is 0 Å². The molecule has 8 nitrogen and oxygen atoms in total. The fraction of sp³-hybridized carbons (Fsp3) is 0.435. The number of amides is 1. The Morgan fingerprint density at radius 2 is 1.53 bits per heavy atom. The minimum absolute atomic E-state index is 0.0590. The van der Waals surface area contributed by atoms with Gasteiger partial charge in [0.25, 0.3) is 5.91 Å². The number of sulfonamides is 1. The summed E-state index contributed by atoms with van der Waals surface area (Å²) in [7, 11) is -3.46. The van der Waals surface area contributed by atoms with Gasteiger partial charge < -0.3 is 14.8 Å². The SMILES string of the molecule is CCOc1ccc(OCC(=O)NCCN2CCN(S(=O)(=O)c3ccc(C)cc3)CC2)cc1. The van der Waals surface area contributed by atoms with Crippen LogP contribution >= 0.6 is 0 Å². The van der Waals surface area contributed by atoms with Gasteiger partial charge in [0.1, 0.15) is 11.5 Å². The van der Waals surface area contributed by atoms with Crippen molar-refractivity contribution in [2.45, 2.75) is 18.7 Å². The van der Waals surface area contributed by atoms with Crippen LogP contribution in [0.3, 0.4) is 0 Å². The van der Waals surface area contributed by atoms with Crippen molar-refractivity contribution in [2.24, 2.45) is 0 Å². The molecule has 0 unspecified atom stereocenters. The van der Waals surface area contributed by atoms with Crippen LogP contribution in [0.15, 0.2) is 53.4 Å². The highest BCUT2D eigenvalue weighted by atomic mass is 32.2. The Hall–Kier alpha value is -2.62. The summed E-state index contributed by atoms with van der Waals surface area (Å²) in [5.74, 6) is 1.17. The Morgan fingerprint density at radius 3 is 2.12 bits per heavy atom. The standard InChI is InChI=1S/C23H31N3O5S/c1-3-30-20-6-8-21(9-7-20)31-18-23(27)24-12-13-25-14-16-26(17-15-25)32(28,29)22-10-4-19(2)5-11-22/h4-11H,3,12-18H2,1-2H3,(H,24,27). The van der Waals surface area contributed by atoms with Crippen molar-refractivity contribution >= 4 is 15.9 Å². The van der Waals surface area contributed by atoms with E-state index in [4.69, 9.17) is 9.47 Å². The first-order valence-electron chi connectivity index (χ1n) is 10.8. The Balaban J connectivity index is 1.35. The minimum Gasteiger partial charge on any atom is -0.494 e. The van der Waals surface area contributed by atoms with Gasteiger partial charge in [0, 0.05) is 39.3 Å². The van der Waals surface area contributed by atoms with Crippen molar-refractivity contribution < 1.29 is 22.7 Å². The predicted octanol–water partition coefficient (Wildman–Crippen LogP) is 1.90. The third-order valence-corrected chi connectivity index (χ3v) is 7.16. The van der Waals surface area contributed by atoms with Crippen LogP contribution < -0.4 is 14.8 Å². The fourth-order valence-electron chi connectivity index (χ4n) is 3.40. The second-order valence-corrected chi connectivity index (χ2v) is 9.54. The molecule has 1 fully saturated rings. The zero-order valence-corrected chi connectivity index (χ0v) is 19.4. The number of carbonyl (C=O) groups is 1. The molecule has 2 aromatic carbocycles. The van der Waals surface area contributed by atoms with Crippen LogP contribution in [0.5, 0.6) is 11.5 Å². The van der Waals surface area contributed by atoms with E-state index in [2.05, 4.69) is 10.2 Å². The van der Waals surface area contributed by atoms with Crippen LogP contribution in [-0.2, 0) is 14.8 Å². The molecule has 32 heavy (non-hydrogen) atoms. The van der Waals surface area contributed by atoms with E-state index in [9.17, 15) is 13.2 Å². The molecule has 1 heterocycles. The smallest absolute Gasteiger partial charge is 0.257 e. The van der Waals surface area contributed by atoms with Gasteiger partial charge in [-0.05, 0) is 50.2 Å². The first-order valence-corrected chi connectivity index (χ1v) is 12.2. The van der Waals surface area contributed by atoms with Crippen LogP contribution in [0.2, 0.25) is 0 Å². The van der Waals surface area contributed by atoms with Crippen molar-refractivity contribution in [3.05, 3.63) is 54.1 Å². The van der Waals surface area contributed by atoms with Gasteiger partial charge in [0.2, 0.25) is 10.0 Å². The maximum Gasteiger partial charge on any atom is 0.257 e. The largest absolute Gasteiger partial charge is 0.494 e. The third-order valence-electron chi connectivity index (χ3n) is 5.24. The zero-order valence-electron chi connectivity index (χ0n) is 18.6. The lowest BCUT2D eigenvalue weighted by atomic mass is 10.2. The van der Waals surface area contributed by atoms with Crippen LogP contribution in [0.1, 0.15) is 12.5 Å². The van der Waals surface area contributed by atoms with Crippen LogP contribution in [0.25, 0.3) is 0 Å². The van der Waals surface area contributed by atoms with Crippen molar-refractivity contribution in [3.8, 4) is 11.5 Å². The molecule has 9 heteroatoms. The van der Waals surface area contributed by atoms with E-state index in [1.54, 1.807) is 36.4 Å². The summed E-state index contributed by atoms with van der Waals surface area (Å²) in [6.45, 7) is 7.66. The molecule has 1 aliphatic rings. The second-order valence-electron chi connectivity index (χ2n) is 7.60. The van der Waals surface area contributed by atoms with E-state index in [1.807, 2.05) is 26.0 Å². The van der Waals surface area contributed by atoms with Crippen molar-refractivity contribution in [1.29, 1.82) is 0 Å². The molecule has 3 rings (SSSR count). The molecule has 2 aromatic rings. The van der Waals surface area contributed by atoms with E-state index in [0.717, 1.165) is 11.3 Å². The maximum atomic E-state index is 12.8. The topological polar surface area (TPSA) is 88.2 Å². The summed E-state index contributed by atoms with van der Waals surface area (Å²) < 4.78 is 37.9. The summed E-state index contributed by atoms with van der Waals surface area (Å²) >= 11 is 0. The second kappa shape index (κ2) is 11.3. The number of ether oxygens (including phenoxy) is 2. The summed E-state index contributed by atoms with van der Waals surface area (Å²) in [4.78, 5) is 14.5. The molecule has 0 bridgehead atoms. The highest BCUT2D eigenvalue weighted by molar-refractivity contribution is 7.89. The van der Waals surface area contributed by atoms with Crippen molar-refractivity contribution in [2.75, 3.05) is 52.5 Å². The van der Waals surface area contributed by atoms with E-state index >= 15 is 0 Å². The molecular weight excluding hydrogens is 430 g/mol. The van der Waals surface area contributed by atoms with Gasteiger partial charge in [-0.15, -0.1) is 0 Å². The molecule has 1 N–H and O–H groups in total. The van der Waals surface area contributed by atoms with E-state index in [1.165, 1.54) is 4.31 Å². The number of benzene rings is 2. The lowest BCUT2D eigenvalue weighted by Gasteiger charge is -2.34. The number of piperazine rings is 1. The predicted molar refractivity (Wildman–Crippen MR) is 122 cm³/mol. The summed E-state index contributed by atoms with van der Waals surface area (Å²) in [6, 6.07) is 14.1. The highest BCUT2D eigenvalue weighted by Gasteiger charge is 2.28. The minimum atomic E-state index is -3.46. The van der Waals surface area contributed by atoms with Gasteiger partial charge in [-0.2, -0.15) is 4.31 Å². The molecule has 174 valence electrons. The molecule has 0 spiro atoms. The zero-order chi connectivity index (χ0) is 23.0. The molecule has 1 amide bonds. The number of carbonyl (C=O) groups excluding carboxylic acids is 1. The molecule has 0 radical (unpaired) electrons. The summed E-state index contributed by atoms with van der Waals surface area (Å²) in [5, 5.41) is 2.84.